The predicted octanol–water partition coefficient (Wildman–Crippen LogP) is 5.62. The Bertz CT molecular complexity index is 1370. The van der Waals surface area contributed by atoms with Gasteiger partial charge in [0.2, 0.25) is 5.90 Å². The van der Waals surface area contributed by atoms with Gasteiger partial charge in [0.15, 0.2) is 11.6 Å². The van der Waals surface area contributed by atoms with Crippen LogP contribution in [0.5, 0.6) is 11.5 Å². The van der Waals surface area contributed by atoms with E-state index in [2.05, 4.69) is 11.9 Å². The second kappa shape index (κ2) is 12.9. The van der Waals surface area contributed by atoms with Crippen LogP contribution in [0.15, 0.2) is 90.4 Å². The molecule has 0 saturated carbocycles. The molecule has 0 saturated heterocycles. The van der Waals surface area contributed by atoms with Crippen LogP contribution in [0.3, 0.4) is 0 Å². The molecule has 3 aromatic rings. The van der Waals surface area contributed by atoms with Gasteiger partial charge in [0.05, 0.1) is 19.3 Å². The predicted molar refractivity (Wildman–Crippen MR) is 148 cm³/mol. The van der Waals surface area contributed by atoms with Gasteiger partial charge in [0.25, 0.3) is 5.91 Å². The quantitative estimate of drug-likeness (QED) is 0.219. The molecule has 10 heteroatoms. The minimum Gasteiger partial charge on any atom is -0.497 e. The highest BCUT2D eigenvalue weighted by atomic mass is 19.4. The normalized spacial score (nSPS) is 18.3. The number of carbonyl (C=O) groups is 1. The third kappa shape index (κ3) is 6.89. The Hall–Kier alpha value is -4.31. The summed E-state index contributed by atoms with van der Waals surface area (Å²) in [6.45, 7) is 4.23. The Morgan fingerprint density at radius 3 is 2.49 bits per heavy atom. The molecule has 2 atom stereocenters. The first-order valence-electron chi connectivity index (χ1n) is 13.0. The lowest BCUT2D eigenvalue weighted by molar-refractivity contribution is -0.137. The fourth-order valence-electron chi connectivity index (χ4n) is 4.49. The summed E-state index contributed by atoms with van der Waals surface area (Å²) < 4.78 is 56.2. The van der Waals surface area contributed by atoms with Crippen LogP contribution in [0.25, 0.3) is 0 Å². The number of methoxy groups -OCH3 is 1. The molecule has 41 heavy (non-hydrogen) atoms. The zero-order valence-corrected chi connectivity index (χ0v) is 22.5. The summed E-state index contributed by atoms with van der Waals surface area (Å²) >= 11 is 0. The molecule has 216 valence electrons. The lowest BCUT2D eigenvalue weighted by Crippen LogP contribution is -2.47. The van der Waals surface area contributed by atoms with Crippen molar-refractivity contribution in [3.05, 3.63) is 108 Å². The number of nitrogens with one attached hydrogen (secondary N) is 1. The summed E-state index contributed by atoms with van der Waals surface area (Å²) in [4.78, 5) is 18.7. The molecule has 2 N–H and O–H groups in total. The second-order valence-electron chi connectivity index (χ2n) is 9.44. The van der Waals surface area contributed by atoms with Crippen molar-refractivity contribution in [3.8, 4) is 11.5 Å². The van der Waals surface area contributed by atoms with Crippen molar-refractivity contribution in [2.45, 2.75) is 37.2 Å². The zero-order chi connectivity index (χ0) is 29.5. The van der Waals surface area contributed by atoms with Crippen LogP contribution in [0, 0.1) is 0 Å². The summed E-state index contributed by atoms with van der Waals surface area (Å²) in [6, 6.07) is 18.8. The maximum Gasteiger partial charge on any atom is 0.416 e. The number of amides is 1. The minimum atomic E-state index is -4.45. The van der Waals surface area contributed by atoms with Gasteiger partial charge in [-0.2, -0.15) is 13.2 Å². The Labute approximate surface area is 236 Å². The molecule has 0 spiro atoms. The number of ether oxygens (including phenoxy) is 3. The van der Waals surface area contributed by atoms with Crippen molar-refractivity contribution < 1.29 is 37.3 Å². The first-order valence-corrected chi connectivity index (χ1v) is 13.0. The van der Waals surface area contributed by atoms with Gasteiger partial charge in [-0.1, -0.05) is 30.3 Å². The molecule has 1 amide bonds. The van der Waals surface area contributed by atoms with Crippen molar-refractivity contribution in [1.29, 1.82) is 0 Å². The van der Waals surface area contributed by atoms with Crippen LogP contribution < -0.4 is 14.8 Å². The highest BCUT2D eigenvalue weighted by Crippen LogP contribution is 2.43. The summed E-state index contributed by atoms with van der Waals surface area (Å²) in [5, 5.41) is 11.8. The van der Waals surface area contributed by atoms with Gasteiger partial charge in [-0.3, -0.25) is 4.79 Å². The topological polar surface area (TPSA) is 89.4 Å². The monoisotopic (exact) mass is 568 g/mol. The number of benzene rings is 3. The lowest BCUT2D eigenvalue weighted by atomic mass is 9.84. The Morgan fingerprint density at radius 1 is 1.12 bits per heavy atom. The summed E-state index contributed by atoms with van der Waals surface area (Å²) in [7, 11) is 1.54. The number of aliphatic imine (C=N–C) groups is 1. The Balaban J connectivity index is 1.65. The van der Waals surface area contributed by atoms with Gasteiger partial charge in [-0.05, 0) is 59.7 Å². The van der Waals surface area contributed by atoms with Gasteiger partial charge in [-0.15, -0.1) is 6.58 Å². The molecular formula is C31H31F3N2O5. The Kier molecular flexibility index (Phi) is 9.34. The molecule has 0 unspecified atom stereocenters. The SMILES string of the molecule is C=CC[C@@]1(C(=O)NCc2ccc(C(F)(F)F)cc2)N=C(c2ccc(OCCCO)cc2)O[C@@H]1c1cccc(OC)c1. The maximum absolute atomic E-state index is 13.9. The lowest BCUT2D eigenvalue weighted by Gasteiger charge is -2.30. The second-order valence-corrected chi connectivity index (χ2v) is 9.44. The van der Waals surface area contributed by atoms with Gasteiger partial charge in [0.1, 0.15) is 11.5 Å². The molecule has 3 aromatic carbocycles. The van der Waals surface area contributed by atoms with Crippen LogP contribution >= 0.6 is 0 Å². The summed E-state index contributed by atoms with van der Waals surface area (Å²) in [6.07, 6.45) is -3.08. The zero-order valence-electron chi connectivity index (χ0n) is 22.5. The van der Waals surface area contributed by atoms with Gasteiger partial charge in [0, 0.05) is 31.6 Å². The smallest absolute Gasteiger partial charge is 0.416 e. The minimum absolute atomic E-state index is 0.00851. The van der Waals surface area contributed by atoms with E-state index in [1.165, 1.54) is 19.2 Å². The van der Waals surface area contributed by atoms with E-state index in [9.17, 15) is 18.0 Å². The first kappa shape index (κ1) is 29.7. The fraction of sp³-hybridized carbons (Fsp3) is 0.290. The molecule has 0 aromatic heterocycles. The largest absolute Gasteiger partial charge is 0.497 e. The van der Waals surface area contributed by atoms with Crippen LogP contribution in [0.2, 0.25) is 0 Å². The molecule has 7 nitrogen and oxygen atoms in total. The van der Waals surface area contributed by atoms with Crippen LogP contribution in [0.4, 0.5) is 13.2 Å². The Morgan fingerprint density at radius 2 is 1.85 bits per heavy atom. The van der Waals surface area contributed by atoms with E-state index < -0.39 is 29.3 Å². The van der Waals surface area contributed by atoms with Gasteiger partial charge in [-0.25, -0.2) is 4.99 Å². The number of aliphatic hydroxyl groups is 1. The van der Waals surface area contributed by atoms with Crippen LogP contribution in [0.1, 0.15) is 41.2 Å². The molecule has 1 aliphatic heterocycles. The summed E-state index contributed by atoms with van der Waals surface area (Å²) in [5.74, 6) is 0.953. The van der Waals surface area contributed by atoms with Crippen molar-refractivity contribution in [2.75, 3.05) is 20.3 Å². The van der Waals surface area contributed by atoms with E-state index in [1.807, 2.05) is 6.07 Å². The van der Waals surface area contributed by atoms with E-state index in [0.29, 0.717) is 41.2 Å². The first-order chi connectivity index (χ1) is 19.7. The summed E-state index contributed by atoms with van der Waals surface area (Å²) in [5.41, 5.74) is -0.450. The van der Waals surface area contributed by atoms with Crippen molar-refractivity contribution in [2.24, 2.45) is 4.99 Å². The van der Waals surface area contributed by atoms with E-state index in [4.69, 9.17) is 24.3 Å². The number of aliphatic hydroxyl groups excluding tert-OH is 1. The number of halogens is 3. The fourth-order valence-corrected chi connectivity index (χ4v) is 4.49. The molecule has 4 rings (SSSR count). The van der Waals surface area contributed by atoms with Gasteiger partial charge < -0.3 is 24.6 Å². The molecule has 1 heterocycles. The molecule has 0 aliphatic carbocycles. The maximum atomic E-state index is 13.9. The van der Waals surface area contributed by atoms with Crippen molar-refractivity contribution in [1.82, 2.24) is 5.32 Å². The number of rotatable bonds is 12. The number of carbonyl (C=O) groups excluding carboxylic acids is 1. The van der Waals surface area contributed by atoms with E-state index in [1.54, 1.807) is 48.5 Å². The van der Waals surface area contributed by atoms with Crippen LogP contribution in [-0.2, 0) is 22.3 Å². The molecule has 0 radical (unpaired) electrons. The highest BCUT2D eigenvalue weighted by Gasteiger charge is 2.52. The molecule has 1 aliphatic rings. The average Bonchev–Trinajstić information content (AvgIpc) is 3.37. The van der Waals surface area contributed by atoms with Crippen molar-refractivity contribution >= 4 is 11.8 Å². The van der Waals surface area contributed by atoms with Gasteiger partial charge >= 0.3 is 6.18 Å². The average molecular weight is 569 g/mol. The van der Waals surface area contributed by atoms with E-state index in [0.717, 1.165) is 12.1 Å². The highest BCUT2D eigenvalue weighted by molar-refractivity contribution is 6.01. The third-order valence-corrected chi connectivity index (χ3v) is 6.62. The van der Waals surface area contributed by atoms with Crippen LogP contribution in [-0.4, -0.2) is 42.8 Å². The molecule has 0 bridgehead atoms. The number of hydrogen-bond donors (Lipinski definition) is 2. The van der Waals surface area contributed by atoms with E-state index in [-0.39, 0.29) is 25.5 Å². The molecule has 0 fully saturated rings. The molecular weight excluding hydrogens is 537 g/mol. The third-order valence-electron chi connectivity index (χ3n) is 6.62. The van der Waals surface area contributed by atoms with Crippen molar-refractivity contribution in [3.63, 3.8) is 0 Å². The standard InChI is InChI=1S/C31H31F3N2O5/c1-3-16-30(29(38)35-20-21-8-12-24(13-9-21)31(32,33)34)27(23-6-4-7-26(19-23)39-2)41-28(36-30)22-10-14-25(15-11-22)40-18-5-17-37/h3-4,6-15,19,27,37H,1,5,16-18,20H2,2H3,(H,35,38)/t27-,30-/m1/s1. The number of nitrogens with zero attached hydrogens (tertiary/aromatic N) is 1. The number of hydrogen-bond acceptors (Lipinski definition) is 6. The van der Waals surface area contributed by atoms with E-state index >= 15 is 0 Å². The number of alkyl halides is 3.